The van der Waals surface area contributed by atoms with E-state index in [-0.39, 0.29) is 10.9 Å². The van der Waals surface area contributed by atoms with Crippen LogP contribution in [-0.2, 0) is 16.6 Å². The van der Waals surface area contributed by atoms with Gasteiger partial charge < -0.3 is 5.32 Å². The summed E-state index contributed by atoms with van der Waals surface area (Å²) < 4.78 is 28.6. The van der Waals surface area contributed by atoms with Crippen LogP contribution in [0, 0.1) is 5.92 Å². The molecule has 0 radical (unpaired) electrons. The maximum atomic E-state index is 12.1. The summed E-state index contributed by atoms with van der Waals surface area (Å²) in [6.07, 6.45) is 4.85. The van der Waals surface area contributed by atoms with Crippen LogP contribution >= 0.6 is 0 Å². The molecule has 1 heterocycles. The number of hydrogen-bond acceptors (Lipinski definition) is 4. The van der Waals surface area contributed by atoms with Crippen LogP contribution in [0.3, 0.4) is 0 Å². The molecule has 2 N–H and O–H groups in total. The van der Waals surface area contributed by atoms with E-state index in [0.717, 1.165) is 25.9 Å². The standard InChI is InChI=1S/C12H22N4O2S/c1-3-13-4-5-16-9-12(8-14-16)19(17,18)15-11-6-10(2)7-11/h8-11,13,15H,3-7H2,1-2H3. The Hall–Kier alpha value is -0.920. The van der Waals surface area contributed by atoms with Gasteiger partial charge in [0.15, 0.2) is 0 Å². The van der Waals surface area contributed by atoms with Crippen LogP contribution in [0.4, 0.5) is 0 Å². The quantitative estimate of drug-likeness (QED) is 0.719. The summed E-state index contributed by atoms with van der Waals surface area (Å²) in [4.78, 5) is 0.253. The summed E-state index contributed by atoms with van der Waals surface area (Å²) in [5, 5.41) is 7.25. The van der Waals surface area contributed by atoms with E-state index >= 15 is 0 Å². The molecular formula is C12H22N4O2S. The molecule has 0 saturated heterocycles. The number of likely N-dealkylation sites (N-methyl/N-ethyl adjacent to an activating group) is 1. The predicted octanol–water partition coefficient (Wildman–Crippen LogP) is 0.569. The van der Waals surface area contributed by atoms with Crippen LogP contribution < -0.4 is 10.0 Å². The zero-order valence-electron chi connectivity index (χ0n) is 11.5. The molecule has 1 aliphatic rings. The molecule has 0 bridgehead atoms. The lowest BCUT2D eigenvalue weighted by Crippen LogP contribution is -2.43. The highest BCUT2D eigenvalue weighted by atomic mass is 32.2. The summed E-state index contributed by atoms with van der Waals surface area (Å²) in [5.74, 6) is 0.621. The van der Waals surface area contributed by atoms with Gasteiger partial charge in [-0.05, 0) is 25.3 Å². The molecule has 0 atom stereocenters. The van der Waals surface area contributed by atoms with Gasteiger partial charge in [0.25, 0.3) is 0 Å². The average molecular weight is 286 g/mol. The Balaban J connectivity index is 1.92. The number of rotatable bonds is 7. The Labute approximate surface area is 114 Å². The summed E-state index contributed by atoms with van der Waals surface area (Å²) >= 11 is 0. The van der Waals surface area contributed by atoms with E-state index in [9.17, 15) is 8.42 Å². The lowest BCUT2D eigenvalue weighted by atomic mass is 9.83. The summed E-state index contributed by atoms with van der Waals surface area (Å²) in [6, 6.07) is 0.0881. The molecule has 0 unspecified atom stereocenters. The van der Waals surface area contributed by atoms with Gasteiger partial charge >= 0.3 is 0 Å². The lowest BCUT2D eigenvalue weighted by Gasteiger charge is -2.32. The van der Waals surface area contributed by atoms with Gasteiger partial charge in [-0.3, -0.25) is 4.68 Å². The molecule has 1 aliphatic carbocycles. The van der Waals surface area contributed by atoms with E-state index in [1.807, 2.05) is 6.92 Å². The molecule has 1 aromatic rings. The Kier molecular flexibility index (Phi) is 4.59. The van der Waals surface area contributed by atoms with Crippen molar-refractivity contribution in [2.24, 2.45) is 5.92 Å². The highest BCUT2D eigenvalue weighted by molar-refractivity contribution is 7.89. The van der Waals surface area contributed by atoms with Crippen LogP contribution in [0.2, 0.25) is 0 Å². The molecule has 0 aromatic carbocycles. The fraction of sp³-hybridized carbons (Fsp3) is 0.750. The Morgan fingerprint density at radius 2 is 2.21 bits per heavy atom. The van der Waals surface area contributed by atoms with Gasteiger partial charge in [0.1, 0.15) is 4.90 Å². The van der Waals surface area contributed by atoms with Crippen molar-refractivity contribution in [1.82, 2.24) is 19.8 Å². The van der Waals surface area contributed by atoms with Gasteiger partial charge in [0.05, 0.1) is 12.7 Å². The van der Waals surface area contributed by atoms with Crippen molar-refractivity contribution in [3.05, 3.63) is 12.4 Å². The third-order valence-corrected chi connectivity index (χ3v) is 4.86. The van der Waals surface area contributed by atoms with Crippen molar-refractivity contribution in [3.63, 3.8) is 0 Å². The fourth-order valence-corrected chi connectivity index (χ4v) is 3.48. The number of hydrogen-bond donors (Lipinski definition) is 2. The van der Waals surface area contributed by atoms with Crippen LogP contribution in [0.1, 0.15) is 26.7 Å². The van der Waals surface area contributed by atoms with Gasteiger partial charge in [-0.25, -0.2) is 13.1 Å². The van der Waals surface area contributed by atoms with Gasteiger partial charge in [0, 0.05) is 18.8 Å². The summed E-state index contributed by atoms with van der Waals surface area (Å²) in [7, 11) is -3.41. The van der Waals surface area contributed by atoms with Crippen molar-refractivity contribution in [1.29, 1.82) is 0 Å². The second-order valence-corrected chi connectivity index (χ2v) is 6.90. The molecule has 2 rings (SSSR count). The molecule has 0 amide bonds. The molecule has 1 fully saturated rings. The van der Waals surface area contributed by atoms with Crippen molar-refractivity contribution in [2.45, 2.75) is 44.2 Å². The molecule has 0 spiro atoms. The van der Waals surface area contributed by atoms with Gasteiger partial charge in [0.2, 0.25) is 10.0 Å². The number of sulfonamides is 1. The molecule has 108 valence electrons. The first kappa shape index (κ1) is 14.5. The first-order valence-electron chi connectivity index (χ1n) is 6.76. The molecule has 0 aliphatic heterocycles. The SMILES string of the molecule is CCNCCn1cc(S(=O)(=O)NC2CC(C)C2)cn1. The van der Waals surface area contributed by atoms with Crippen LogP contribution in [-0.4, -0.2) is 37.3 Å². The van der Waals surface area contributed by atoms with Crippen molar-refractivity contribution < 1.29 is 8.42 Å². The first-order valence-corrected chi connectivity index (χ1v) is 8.25. The molecule has 1 saturated carbocycles. The van der Waals surface area contributed by atoms with E-state index in [4.69, 9.17) is 0 Å². The Bertz CT molecular complexity index is 506. The summed E-state index contributed by atoms with van der Waals surface area (Å²) in [6.45, 7) is 6.51. The monoisotopic (exact) mass is 286 g/mol. The third kappa shape index (κ3) is 3.77. The lowest BCUT2D eigenvalue weighted by molar-refractivity contribution is 0.270. The van der Waals surface area contributed by atoms with E-state index in [2.05, 4.69) is 22.1 Å². The highest BCUT2D eigenvalue weighted by Gasteiger charge is 2.30. The van der Waals surface area contributed by atoms with Crippen molar-refractivity contribution in [3.8, 4) is 0 Å². The normalized spacial score (nSPS) is 23.3. The summed E-state index contributed by atoms with van der Waals surface area (Å²) in [5.41, 5.74) is 0. The third-order valence-electron chi connectivity index (χ3n) is 3.38. The molecule has 7 heteroatoms. The molecule has 19 heavy (non-hydrogen) atoms. The van der Waals surface area contributed by atoms with Crippen LogP contribution in [0.15, 0.2) is 17.3 Å². The van der Waals surface area contributed by atoms with Crippen LogP contribution in [0.5, 0.6) is 0 Å². The van der Waals surface area contributed by atoms with Gasteiger partial charge in [-0.1, -0.05) is 13.8 Å². The largest absolute Gasteiger partial charge is 0.315 e. The highest BCUT2D eigenvalue weighted by Crippen LogP contribution is 2.27. The smallest absolute Gasteiger partial charge is 0.243 e. The number of nitrogens with zero attached hydrogens (tertiary/aromatic N) is 2. The van der Waals surface area contributed by atoms with Gasteiger partial charge in [-0.15, -0.1) is 0 Å². The number of aromatic nitrogens is 2. The Morgan fingerprint density at radius 1 is 1.47 bits per heavy atom. The maximum Gasteiger partial charge on any atom is 0.243 e. The van der Waals surface area contributed by atoms with E-state index in [0.29, 0.717) is 12.5 Å². The fourth-order valence-electron chi connectivity index (χ4n) is 2.26. The minimum absolute atomic E-state index is 0.0881. The minimum Gasteiger partial charge on any atom is -0.315 e. The van der Waals surface area contributed by atoms with Crippen molar-refractivity contribution >= 4 is 10.0 Å². The predicted molar refractivity (Wildman–Crippen MR) is 73.3 cm³/mol. The first-order chi connectivity index (χ1) is 9.01. The van der Waals surface area contributed by atoms with Gasteiger partial charge in [-0.2, -0.15) is 5.10 Å². The van der Waals surface area contributed by atoms with E-state index < -0.39 is 10.0 Å². The van der Waals surface area contributed by atoms with Crippen LogP contribution in [0.25, 0.3) is 0 Å². The minimum atomic E-state index is -3.41. The molecule has 1 aromatic heterocycles. The topological polar surface area (TPSA) is 76.0 Å². The average Bonchev–Trinajstić information content (AvgIpc) is 2.77. The maximum absolute atomic E-state index is 12.1. The second-order valence-electron chi connectivity index (χ2n) is 5.19. The molecule has 6 nitrogen and oxygen atoms in total. The second kappa shape index (κ2) is 6.02. The van der Waals surface area contributed by atoms with E-state index in [1.54, 1.807) is 10.9 Å². The zero-order valence-corrected chi connectivity index (χ0v) is 12.3. The Morgan fingerprint density at radius 3 is 2.84 bits per heavy atom. The number of nitrogens with one attached hydrogen (secondary N) is 2. The molecular weight excluding hydrogens is 264 g/mol. The van der Waals surface area contributed by atoms with E-state index in [1.165, 1.54) is 6.20 Å². The van der Waals surface area contributed by atoms with Crippen molar-refractivity contribution in [2.75, 3.05) is 13.1 Å². The zero-order chi connectivity index (χ0) is 13.9.